The lowest BCUT2D eigenvalue weighted by molar-refractivity contribution is 0.435. The summed E-state index contributed by atoms with van der Waals surface area (Å²) in [5, 5.41) is 4.59. The van der Waals surface area contributed by atoms with Crippen LogP contribution in [-0.4, -0.2) is 5.16 Å². The van der Waals surface area contributed by atoms with Crippen LogP contribution in [0.4, 0.5) is 5.82 Å². The summed E-state index contributed by atoms with van der Waals surface area (Å²) >= 11 is 11.8. The molecule has 0 amide bonds. The zero-order chi connectivity index (χ0) is 11.0. The Hall–Kier alpha value is -1.19. The molecule has 78 valence electrons. The van der Waals surface area contributed by atoms with E-state index in [4.69, 9.17) is 33.5 Å². The highest BCUT2D eigenvalue weighted by Gasteiger charge is 2.15. The normalized spacial score (nSPS) is 10.6. The molecule has 1 aromatic heterocycles. The standard InChI is InChI=1S/C10H8Cl2N2O/c1-5-4-6(11)2-3-7(5)9-8(12)10(13)14-15-9/h2-4H,1H3,(H2,13,14). The van der Waals surface area contributed by atoms with Gasteiger partial charge in [-0.3, -0.25) is 0 Å². The van der Waals surface area contributed by atoms with Crippen LogP contribution in [0, 0.1) is 6.92 Å². The molecule has 2 N–H and O–H groups in total. The first kappa shape index (κ1) is 10.3. The molecule has 0 saturated carbocycles. The predicted octanol–water partition coefficient (Wildman–Crippen LogP) is 3.54. The molecule has 5 heteroatoms. The molecular formula is C10H8Cl2N2O. The lowest BCUT2D eigenvalue weighted by atomic mass is 10.1. The fourth-order valence-corrected chi connectivity index (χ4v) is 1.74. The Morgan fingerprint density at radius 2 is 2.07 bits per heavy atom. The van der Waals surface area contributed by atoms with Crippen molar-refractivity contribution in [1.29, 1.82) is 0 Å². The minimum Gasteiger partial charge on any atom is -0.380 e. The fraction of sp³-hybridized carbons (Fsp3) is 0.100. The second-order valence-corrected chi connectivity index (χ2v) is 3.98. The van der Waals surface area contributed by atoms with Crippen molar-refractivity contribution in [2.45, 2.75) is 6.92 Å². The van der Waals surface area contributed by atoms with Gasteiger partial charge in [0.25, 0.3) is 0 Å². The largest absolute Gasteiger partial charge is 0.380 e. The van der Waals surface area contributed by atoms with Crippen LogP contribution in [-0.2, 0) is 0 Å². The molecule has 2 rings (SSSR count). The van der Waals surface area contributed by atoms with Crippen molar-refractivity contribution in [3.8, 4) is 11.3 Å². The molecule has 0 atom stereocenters. The third-order valence-electron chi connectivity index (χ3n) is 2.09. The van der Waals surface area contributed by atoms with E-state index in [0.29, 0.717) is 15.8 Å². The van der Waals surface area contributed by atoms with Crippen molar-refractivity contribution in [2.24, 2.45) is 0 Å². The number of nitrogen functional groups attached to an aromatic ring is 1. The number of hydrogen-bond acceptors (Lipinski definition) is 3. The van der Waals surface area contributed by atoms with Crippen LogP contribution in [0.3, 0.4) is 0 Å². The Bertz CT molecular complexity index is 508. The highest BCUT2D eigenvalue weighted by atomic mass is 35.5. The maximum absolute atomic E-state index is 5.94. The second kappa shape index (κ2) is 3.76. The van der Waals surface area contributed by atoms with E-state index in [1.54, 1.807) is 6.07 Å². The fourth-order valence-electron chi connectivity index (χ4n) is 1.34. The first-order valence-electron chi connectivity index (χ1n) is 4.26. The maximum atomic E-state index is 5.94. The first-order chi connectivity index (χ1) is 7.09. The Kier molecular flexibility index (Phi) is 2.59. The van der Waals surface area contributed by atoms with Gasteiger partial charge in [0.2, 0.25) is 0 Å². The van der Waals surface area contributed by atoms with E-state index in [2.05, 4.69) is 5.16 Å². The maximum Gasteiger partial charge on any atom is 0.187 e. The smallest absolute Gasteiger partial charge is 0.187 e. The van der Waals surface area contributed by atoms with Crippen LogP contribution in [0.15, 0.2) is 22.7 Å². The summed E-state index contributed by atoms with van der Waals surface area (Å²) in [6.45, 7) is 1.91. The molecule has 0 aliphatic heterocycles. The van der Waals surface area contributed by atoms with Gasteiger partial charge >= 0.3 is 0 Å². The van der Waals surface area contributed by atoms with Crippen molar-refractivity contribution < 1.29 is 4.52 Å². The molecule has 1 aromatic carbocycles. The Labute approximate surface area is 96.8 Å². The van der Waals surface area contributed by atoms with Gasteiger partial charge in [-0.25, -0.2) is 0 Å². The van der Waals surface area contributed by atoms with Gasteiger partial charge in [0, 0.05) is 10.6 Å². The highest BCUT2D eigenvalue weighted by molar-refractivity contribution is 6.35. The molecular weight excluding hydrogens is 235 g/mol. The van der Waals surface area contributed by atoms with Gasteiger partial charge in [-0.15, -0.1) is 0 Å². The van der Waals surface area contributed by atoms with Gasteiger partial charge in [-0.05, 0) is 30.7 Å². The molecule has 0 radical (unpaired) electrons. The summed E-state index contributed by atoms with van der Waals surface area (Å²) in [4.78, 5) is 0. The number of nitrogens with two attached hydrogens (primary N) is 1. The van der Waals surface area contributed by atoms with Crippen molar-refractivity contribution >= 4 is 29.0 Å². The second-order valence-electron chi connectivity index (χ2n) is 3.17. The number of rotatable bonds is 1. The molecule has 0 aliphatic rings. The van der Waals surface area contributed by atoms with E-state index in [1.165, 1.54) is 0 Å². The summed E-state index contributed by atoms with van der Waals surface area (Å²) in [6, 6.07) is 5.41. The first-order valence-corrected chi connectivity index (χ1v) is 5.02. The molecule has 15 heavy (non-hydrogen) atoms. The molecule has 1 heterocycles. The van der Waals surface area contributed by atoms with E-state index in [1.807, 2.05) is 19.1 Å². The average molecular weight is 243 g/mol. The van der Waals surface area contributed by atoms with Crippen molar-refractivity contribution in [3.05, 3.63) is 33.8 Å². The van der Waals surface area contributed by atoms with E-state index in [-0.39, 0.29) is 5.82 Å². The summed E-state index contributed by atoms with van der Waals surface area (Å²) in [5.74, 6) is 0.671. The molecule has 0 aliphatic carbocycles. The number of halogens is 2. The van der Waals surface area contributed by atoms with Gasteiger partial charge < -0.3 is 10.3 Å². The minimum absolute atomic E-state index is 0.195. The average Bonchev–Trinajstić information content (AvgIpc) is 2.49. The third-order valence-corrected chi connectivity index (χ3v) is 2.69. The Morgan fingerprint density at radius 1 is 1.33 bits per heavy atom. The zero-order valence-electron chi connectivity index (χ0n) is 7.92. The van der Waals surface area contributed by atoms with Crippen LogP contribution in [0.2, 0.25) is 10.0 Å². The van der Waals surface area contributed by atoms with E-state index < -0.39 is 0 Å². The lowest BCUT2D eigenvalue weighted by Crippen LogP contribution is -1.84. The van der Waals surface area contributed by atoms with Crippen molar-refractivity contribution in [2.75, 3.05) is 5.73 Å². The highest BCUT2D eigenvalue weighted by Crippen LogP contribution is 2.34. The summed E-state index contributed by atoms with van der Waals surface area (Å²) in [5.41, 5.74) is 7.30. The van der Waals surface area contributed by atoms with Crippen molar-refractivity contribution in [3.63, 3.8) is 0 Å². The van der Waals surface area contributed by atoms with Gasteiger partial charge in [0.15, 0.2) is 11.6 Å². The van der Waals surface area contributed by atoms with E-state index >= 15 is 0 Å². The van der Waals surface area contributed by atoms with E-state index in [0.717, 1.165) is 11.1 Å². The molecule has 0 saturated heterocycles. The number of aromatic nitrogens is 1. The number of benzene rings is 1. The topological polar surface area (TPSA) is 52.0 Å². The Balaban J connectivity index is 2.59. The monoisotopic (exact) mass is 242 g/mol. The molecule has 0 unspecified atom stereocenters. The van der Waals surface area contributed by atoms with Crippen LogP contribution in [0.5, 0.6) is 0 Å². The molecule has 3 nitrogen and oxygen atoms in total. The molecule has 0 bridgehead atoms. The van der Waals surface area contributed by atoms with Gasteiger partial charge in [0.05, 0.1) is 0 Å². The summed E-state index contributed by atoms with van der Waals surface area (Å²) in [7, 11) is 0. The van der Waals surface area contributed by atoms with Gasteiger partial charge in [-0.1, -0.05) is 28.4 Å². The predicted molar refractivity (Wildman–Crippen MR) is 61.1 cm³/mol. The number of hydrogen-bond donors (Lipinski definition) is 1. The van der Waals surface area contributed by atoms with Crippen LogP contribution >= 0.6 is 23.2 Å². The molecule has 0 spiro atoms. The minimum atomic E-state index is 0.195. The summed E-state index contributed by atoms with van der Waals surface area (Å²) < 4.78 is 5.05. The number of nitrogens with zero attached hydrogens (tertiary/aromatic N) is 1. The van der Waals surface area contributed by atoms with Crippen molar-refractivity contribution in [1.82, 2.24) is 5.16 Å². The quantitative estimate of drug-likeness (QED) is 0.833. The summed E-state index contributed by atoms with van der Waals surface area (Å²) in [6.07, 6.45) is 0. The zero-order valence-corrected chi connectivity index (χ0v) is 9.43. The number of aryl methyl sites for hydroxylation is 1. The Morgan fingerprint density at radius 3 is 2.60 bits per heavy atom. The molecule has 2 aromatic rings. The van der Waals surface area contributed by atoms with Crippen LogP contribution in [0.1, 0.15) is 5.56 Å². The third kappa shape index (κ3) is 1.80. The molecule has 0 fully saturated rings. The van der Waals surface area contributed by atoms with Crippen LogP contribution in [0.25, 0.3) is 11.3 Å². The van der Waals surface area contributed by atoms with E-state index in [9.17, 15) is 0 Å². The van der Waals surface area contributed by atoms with Crippen LogP contribution < -0.4 is 5.73 Å². The lowest BCUT2D eigenvalue weighted by Gasteiger charge is -2.02. The van der Waals surface area contributed by atoms with Gasteiger partial charge in [0.1, 0.15) is 5.02 Å². The number of anilines is 1. The SMILES string of the molecule is Cc1cc(Cl)ccc1-c1onc(N)c1Cl. The van der Waals surface area contributed by atoms with Gasteiger partial charge in [-0.2, -0.15) is 0 Å².